The van der Waals surface area contributed by atoms with Gasteiger partial charge in [-0.15, -0.1) is 0 Å². The van der Waals surface area contributed by atoms with Crippen LogP contribution in [0.2, 0.25) is 18.1 Å². The van der Waals surface area contributed by atoms with Gasteiger partial charge in [-0.2, -0.15) is 0 Å². The Hall–Kier alpha value is 0.793. The Labute approximate surface area is 118 Å². The number of unbranched alkanes of at least 4 members (excludes halogenated alkanes) is 1. The fourth-order valence-electron chi connectivity index (χ4n) is 0.704. The summed E-state index contributed by atoms with van der Waals surface area (Å²) in [6, 6.07) is 0. The number of hydrogen-bond donors (Lipinski definition) is 0. The van der Waals surface area contributed by atoms with E-state index in [1.54, 1.807) is 0 Å². The van der Waals surface area contributed by atoms with Gasteiger partial charge in [-0.25, -0.2) is 0 Å². The molecule has 0 unspecified atom stereocenters. The molecule has 1 nitrogen and oxygen atoms in total. The first-order valence-corrected chi connectivity index (χ1v) is 7.75. The molecule has 0 aliphatic heterocycles. The van der Waals surface area contributed by atoms with Crippen molar-refractivity contribution in [1.82, 2.24) is 0 Å². The van der Waals surface area contributed by atoms with Crippen molar-refractivity contribution >= 4 is 31.4 Å². The molecule has 0 rings (SSSR count). The predicted molar refractivity (Wildman–Crippen MR) is 65.3 cm³/mol. The van der Waals surface area contributed by atoms with Gasteiger partial charge < -0.3 is 29.2 Å². The van der Waals surface area contributed by atoms with Gasteiger partial charge in [-0.1, -0.05) is 20.8 Å². The fraction of sp³-hybridized carbons (Fsp3) is 0.818. The molecular weight excluding hydrogens is 236 g/mol. The fourth-order valence-corrected chi connectivity index (χ4v) is 1.79. The smallest absolute Gasteiger partial charge is 1.00 e. The van der Waals surface area contributed by atoms with Crippen molar-refractivity contribution in [2.75, 3.05) is 6.61 Å². The molecular formula is C11H21ClMgOSi. The zero-order chi connectivity index (χ0) is 10.5. The Kier molecular flexibility index (Phi) is 12.5. The molecule has 0 saturated carbocycles. The predicted octanol–water partition coefficient (Wildman–Crippen LogP) is 0.00139. The molecule has 0 aliphatic rings. The van der Waals surface area contributed by atoms with Crippen molar-refractivity contribution in [3.05, 3.63) is 6.42 Å². The van der Waals surface area contributed by atoms with Crippen molar-refractivity contribution in [2.24, 2.45) is 0 Å². The van der Waals surface area contributed by atoms with E-state index >= 15 is 0 Å². The molecule has 0 heterocycles. The molecule has 0 atom stereocenters. The molecule has 0 spiro atoms. The third kappa shape index (κ3) is 8.59. The second kappa shape index (κ2) is 8.89. The van der Waals surface area contributed by atoms with E-state index in [0.29, 0.717) is 11.5 Å². The quantitative estimate of drug-likeness (QED) is 0.298. The van der Waals surface area contributed by atoms with Crippen LogP contribution in [0.3, 0.4) is 0 Å². The van der Waals surface area contributed by atoms with Crippen LogP contribution in [-0.2, 0) is 4.43 Å². The number of hydrogen-bond acceptors (Lipinski definition) is 1. The van der Waals surface area contributed by atoms with Crippen LogP contribution in [0.4, 0.5) is 0 Å². The molecule has 0 radical (unpaired) electrons. The summed E-state index contributed by atoms with van der Waals surface area (Å²) in [5, 5.41) is 0.293. The first-order valence-electron chi connectivity index (χ1n) is 4.85. The number of halogens is 1. The normalized spacial score (nSPS) is 10.9. The average molecular weight is 257 g/mol. The largest absolute Gasteiger partial charge is 2.00 e. The van der Waals surface area contributed by atoms with Crippen LogP contribution in [0.25, 0.3) is 0 Å². The Morgan fingerprint density at radius 1 is 1.27 bits per heavy atom. The minimum absolute atomic E-state index is 0. The van der Waals surface area contributed by atoms with Crippen LogP contribution in [0, 0.1) is 12.3 Å². The van der Waals surface area contributed by atoms with Crippen molar-refractivity contribution in [2.45, 2.75) is 51.7 Å². The Bertz CT molecular complexity index is 194. The van der Waals surface area contributed by atoms with E-state index in [1.807, 2.05) is 0 Å². The summed E-state index contributed by atoms with van der Waals surface area (Å²) in [6.07, 6.45) is 8.41. The summed E-state index contributed by atoms with van der Waals surface area (Å²) in [4.78, 5) is 0. The van der Waals surface area contributed by atoms with Gasteiger partial charge in [0.05, 0.1) is 0 Å². The topological polar surface area (TPSA) is 9.23 Å². The molecule has 15 heavy (non-hydrogen) atoms. The minimum atomic E-state index is -1.54. The summed E-state index contributed by atoms with van der Waals surface area (Å²) in [5.74, 6) is 2.38. The maximum atomic E-state index is 6.77. The van der Waals surface area contributed by atoms with E-state index < -0.39 is 8.32 Å². The third-order valence-corrected chi connectivity index (χ3v) is 7.25. The summed E-state index contributed by atoms with van der Waals surface area (Å²) in [6.45, 7) is 12.0. The second-order valence-corrected chi connectivity index (χ2v) is 9.70. The maximum Gasteiger partial charge on any atom is 2.00 e. The second-order valence-electron chi connectivity index (χ2n) is 4.89. The molecule has 4 heteroatoms. The molecule has 0 fully saturated rings. The van der Waals surface area contributed by atoms with Crippen molar-refractivity contribution in [1.29, 1.82) is 0 Å². The summed E-state index contributed by atoms with van der Waals surface area (Å²) in [5.41, 5.74) is 0. The third-order valence-electron chi connectivity index (χ3n) is 2.72. The zero-order valence-corrected chi connectivity index (χ0v) is 13.8. The Balaban J connectivity index is -0.000000720. The van der Waals surface area contributed by atoms with E-state index in [9.17, 15) is 0 Å². The summed E-state index contributed by atoms with van der Waals surface area (Å²) in [7, 11) is -1.54. The summed E-state index contributed by atoms with van der Waals surface area (Å²) < 4.78 is 5.91. The van der Waals surface area contributed by atoms with Crippen LogP contribution in [0.1, 0.15) is 33.6 Å². The van der Waals surface area contributed by atoms with Crippen LogP contribution >= 0.6 is 0 Å². The SMILES string of the molecule is [C-]#CCCCO[Si](C)(C)C(C)(C)C.[Cl-].[Mg+2]. The standard InChI is InChI=1S/C11H21OSi.ClH.Mg/c1-7-8-9-10-12-13(5,6)11(2,3)4;;/h8-10H2,2-6H3;1H;/q-1;;+2/p-1. The maximum absolute atomic E-state index is 6.77. The van der Waals surface area contributed by atoms with E-state index in [0.717, 1.165) is 13.0 Å². The van der Waals surface area contributed by atoms with Gasteiger partial charge in [-0.05, 0) is 31.0 Å². The summed E-state index contributed by atoms with van der Waals surface area (Å²) >= 11 is 0. The molecule has 84 valence electrons. The van der Waals surface area contributed by atoms with Gasteiger partial charge in [0.2, 0.25) is 0 Å². The molecule has 0 aromatic heterocycles. The van der Waals surface area contributed by atoms with Crippen LogP contribution in [0.15, 0.2) is 0 Å². The monoisotopic (exact) mass is 256 g/mol. The van der Waals surface area contributed by atoms with Gasteiger partial charge in [0.15, 0.2) is 8.32 Å². The zero-order valence-electron chi connectivity index (χ0n) is 10.6. The molecule has 0 saturated heterocycles. The Morgan fingerprint density at radius 2 is 1.73 bits per heavy atom. The molecule has 0 aliphatic carbocycles. The van der Waals surface area contributed by atoms with E-state index in [2.05, 4.69) is 39.8 Å². The molecule has 0 amide bonds. The van der Waals surface area contributed by atoms with Crippen molar-refractivity contribution in [3.63, 3.8) is 0 Å². The van der Waals surface area contributed by atoms with E-state index in [-0.39, 0.29) is 35.5 Å². The van der Waals surface area contributed by atoms with Crippen LogP contribution in [0.5, 0.6) is 0 Å². The van der Waals surface area contributed by atoms with Gasteiger partial charge in [0.25, 0.3) is 0 Å². The van der Waals surface area contributed by atoms with Gasteiger partial charge in [0.1, 0.15) is 0 Å². The van der Waals surface area contributed by atoms with E-state index in [1.165, 1.54) is 0 Å². The van der Waals surface area contributed by atoms with Crippen molar-refractivity contribution in [3.8, 4) is 5.92 Å². The van der Waals surface area contributed by atoms with Crippen LogP contribution < -0.4 is 12.4 Å². The van der Waals surface area contributed by atoms with Gasteiger partial charge in [-0.3, -0.25) is 0 Å². The van der Waals surface area contributed by atoms with Crippen molar-refractivity contribution < 1.29 is 16.8 Å². The first-order chi connectivity index (χ1) is 5.81. The van der Waals surface area contributed by atoms with E-state index in [4.69, 9.17) is 10.8 Å². The molecule has 0 aromatic carbocycles. The number of rotatable bonds is 4. The van der Waals surface area contributed by atoms with Gasteiger partial charge in [0, 0.05) is 6.61 Å². The van der Waals surface area contributed by atoms with Crippen LogP contribution in [-0.4, -0.2) is 38.0 Å². The first kappa shape index (κ1) is 21.1. The van der Waals surface area contributed by atoms with Gasteiger partial charge >= 0.3 is 23.1 Å². The Morgan fingerprint density at radius 3 is 2.07 bits per heavy atom. The average Bonchev–Trinajstić information content (AvgIpc) is 1.96. The molecule has 0 N–H and O–H groups in total. The molecule has 0 aromatic rings. The minimum Gasteiger partial charge on any atom is -1.00 e. The molecule has 0 bridgehead atoms.